The molecule has 0 unspecified atom stereocenters. The molecule has 0 aliphatic carbocycles. The van der Waals surface area contributed by atoms with Gasteiger partial charge in [-0.05, 0) is 33.1 Å². The first kappa shape index (κ1) is 16.2. The zero-order valence-corrected chi connectivity index (χ0v) is 11.9. The molecule has 0 fully saturated rings. The van der Waals surface area contributed by atoms with E-state index in [1.165, 1.54) is 5.57 Å². The first-order chi connectivity index (χ1) is 7.96. The van der Waals surface area contributed by atoms with Gasteiger partial charge in [-0.2, -0.15) is 0 Å². The van der Waals surface area contributed by atoms with Crippen LogP contribution in [0.25, 0.3) is 0 Å². The number of allylic oxidation sites excluding steroid dienone is 3. The summed E-state index contributed by atoms with van der Waals surface area (Å²) in [7, 11) is 0. The third kappa shape index (κ3) is 6.48. The van der Waals surface area contributed by atoms with Crippen molar-refractivity contribution in [2.75, 3.05) is 0 Å². The molecule has 0 spiro atoms. The zero-order chi connectivity index (χ0) is 13.3. The summed E-state index contributed by atoms with van der Waals surface area (Å²) in [5.41, 5.74) is 1.10. The zero-order valence-electron chi connectivity index (χ0n) is 11.9. The lowest BCUT2D eigenvalue weighted by molar-refractivity contribution is 0.106. The van der Waals surface area contributed by atoms with Crippen LogP contribution in [0.4, 0.5) is 0 Å². The van der Waals surface area contributed by atoms with E-state index in [-0.39, 0.29) is 5.41 Å². The number of hydrogen-bond acceptors (Lipinski definition) is 1. The number of hydrogen-bond donors (Lipinski definition) is 1. The van der Waals surface area contributed by atoms with Crippen LogP contribution in [0.3, 0.4) is 0 Å². The SMILES string of the molecule is C=C[C@@](C)(CCC=C(C)C)[C@@H](O)/C=C/CCC. The van der Waals surface area contributed by atoms with Crippen LogP contribution in [-0.2, 0) is 0 Å². The van der Waals surface area contributed by atoms with E-state index in [9.17, 15) is 5.11 Å². The fourth-order valence-corrected chi connectivity index (χ4v) is 1.65. The number of aliphatic hydroxyl groups excluding tert-OH is 1. The van der Waals surface area contributed by atoms with Crippen molar-refractivity contribution in [3.8, 4) is 0 Å². The van der Waals surface area contributed by atoms with Crippen LogP contribution in [0, 0.1) is 5.41 Å². The summed E-state index contributed by atoms with van der Waals surface area (Å²) >= 11 is 0. The summed E-state index contributed by atoms with van der Waals surface area (Å²) in [6, 6.07) is 0. The fraction of sp³-hybridized carbons (Fsp3) is 0.625. The monoisotopic (exact) mass is 236 g/mol. The normalized spacial score (nSPS) is 16.5. The predicted octanol–water partition coefficient (Wildman–Crippen LogP) is 4.64. The van der Waals surface area contributed by atoms with E-state index >= 15 is 0 Å². The van der Waals surface area contributed by atoms with Crippen LogP contribution < -0.4 is 0 Å². The van der Waals surface area contributed by atoms with Gasteiger partial charge in [0.05, 0.1) is 6.10 Å². The van der Waals surface area contributed by atoms with Crippen LogP contribution in [0.2, 0.25) is 0 Å². The van der Waals surface area contributed by atoms with Gasteiger partial charge in [-0.15, -0.1) is 6.58 Å². The molecule has 0 radical (unpaired) electrons. The molecule has 0 rings (SSSR count). The van der Waals surface area contributed by atoms with E-state index in [1.807, 2.05) is 12.2 Å². The maximum Gasteiger partial charge on any atom is 0.0808 e. The van der Waals surface area contributed by atoms with Crippen molar-refractivity contribution in [1.82, 2.24) is 0 Å². The highest BCUT2D eigenvalue weighted by molar-refractivity contribution is 5.06. The number of unbranched alkanes of at least 4 members (excludes halogenated alkanes) is 1. The Balaban J connectivity index is 4.43. The quantitative estimate of drug-likeness (QED) is 0.609. The van der Waals surface area contributed by atoms with Gasteiger partial charge in [0.2, 0.25) is 0 Å². The lowest BCUT2D eigenvalue weighted by atomic mass is 9.79. The predicted molar refractivity (Wildman–Crippen MR) is 77.0 cm³/mol. The molecule has 0 bridgehead atoms. The van der Waals surface area contributed by atoms with E-state index in [4.69, 9.17) is 0 Å². The van der Waals surface area contributed by atoms with Gasteiger partial charge >= 0.3 is 0 Å². The molecule has 1 heteroatoms. The standard InChI is InChI=1S/C16H28O/c1-6-8-9-12-15(17)16(5,7-2)13-10-11-14(3)4/h7,9,11-12,15,17H,2,6,8,10,13H2,1,3-5H3/b12-9+/t15-,16-/m0/s1. The molecule has 1 N–H and O–H groups in total. The Hall–Kier alpha value is -0.820. The molecule has 0 amide bonds. The molecule has 0 aromatic carbocycles. The van der Waals surface area contributed by atoms with E-state index in [2.05, 4.69) is 46.4 Å². The summed E-state index contributed by atoms with van der Waals surface area (Å²) in [5, 5.41) is 10.2. The van der Waals surface area contributed by atoms with Crippen molar-refractivity contribution in [2.45, 2.75) is 59.5 Å². The summed E-state index contributed by atoms with van der Waals surface area (Å²) in [5.74, 6) is 0. The molecule has 0 aromatic rings. The lowest BCUT2D eigenvalue weighted by Crippen LogP contribution is -2.28. The Morgan fingerprint density at radius 1 is 1.35 bits per heavy atom. The van der Waals surface area contributed by atoms with Crippen molar-refractivity contribution >= 4 is 0 Å². The van der Waals surface area contributed by atoms with Gasteiger partial charge < -0.3 is 5.11 Å². The first-order valence-corrected chi connectivity index (χ1v) is 6.58. The molecule has 98 valence electrons. The van der Waals surface area contributed by atoms with Gasteiger partial charge in [0, 0.05) is 5.41 Å². The van der Waals surface area contributed by atoms with E-state index in [0.29, 0.717) is 0 Å². The molecule has 0 aliphatic rings. The van der Waals surface area contributed by atoms with E-state index < -0.39 is 6.10 Å². The van der Waals surface area contributed by atoms with Gasteiger partial charge in [0.1, 0.15) is 0 Å². The Morgan fingerprint density at radius 2 is 2.00 bits per heavy atom. The van der Waals surface area contributed by atoms with Crippen LogP contribution in [0.1, 0.15) is 53.4 Å². The Kier molecular flexibility index (Phi) is 7.90. The molecule has 17 heavy (non-hydrogen) atoms. The third-order valence-electron chi connectivity index (χ3n) is 3.15. The van der Waals surface area contributed by atoms with E-state index in [1.54, 1.807) is 0 Å². The van der Waals surface area contributed by atoms with Crippen molar-refractivity contribution in [1.29, 1.82) is 0 Å². The maximum atomic E-state index is 10.2. The molecule has 0 heterocycles. The highest BCUT2D eigenvalue weighted by atomic mass is 16.3. The average Bonchev–Trinajstić information content (AvgIpc) is 2.28. The van der Waals surface area contributed by atoms with Gasteiger partial charge in [-0.1, -0.05) is 50.1 Å². The molecular weight excluding hydrogens is 208 g/mol. The molecule has 1 nitrogen and oxygen atoms in total. The number of aliphatic hydroxyl groups is 1. The first-order valence-electron chi connectivity index (χ1n) is 6.58. The highest BCUT2D eigenvalue weighted by Gasteiger charge is 2.26. The Morgan fingerprint density at radius 3 is 2.47 bits per heavy atom. The maximum absolute atomic E-state index is 10.2. The topological polar surface area (TPSA) is 20.2 Å². The second kappa shape index (κ2) is 8.30. The smallest absolute Gasteiger partial charge is 0.0808 e. The summed E-state index contributed by atoms with van der Waals surface area (Å²) < 4.78 is 0. The fourth-order valence-electron chi connectivity index (χ4n) is 1.65. The molecule has 0 aromatic heterocycles. The minimum atomic E-state index is -0.433. The largest absolute Gasteiger partial charge is 0.388 e. The molecule has 0 aliphatic heterocycles. The second-order valence-corrected chi connectivity index (χ2v) is 5.19. The molecule has 0 saturated carbocycles. The second-order valence-electron chi connectivity index (χ2n) is 5.19. The number of rotatable bonds is 8. The lowest BCUT2D eigenvalue weighted by Gasteiger charge is -2.29. The van der Waals surface area contributed by atoms with E-state index in [0.717, 1.165) is 25.7 Å². The third-order valence-corrected chi connectivity index (χ3v) is 3.15. The van der Waals surface area contributed by atoms with Crippen molar-refractivity contribution < 1.29 is 5.11 Å². The molecule has 2 atom stereocenters. The van der Waals surface area contributed by atoms with Crippen molar-refractivity contribution in [2.24, 2.45) is 5.41 Å². The minimum Gasteiger partial charge on any atom is -0.388 e. The van der Waals surface area contributed by atoms with Crippen molar-refractivity contribution in [3.63, 3.8) is 0 Å². The van der Waals surface area contributed by atoms with Crippen LogP contribution >= 0.6 is 0 Å². The van der Waals surface area contributed by atoms with Crippen LogP contribution in [0.15, 0.2) is 36.5 Å². The van der Waals surface area contributed by atoms with Gasteiger partial charge in [0.15, 0.2) is 0 Å². The average molecular weight is 236 g/mol. The summed E-state index contributed by atoms with van der Waals surface area (Å²) in [4.78, 5) is 0. The van der Waals surface area contributed by atoms with Crippen LogP contribution in [0.5, 0.6) is 0 Å². The summed E-state index contributed by atoms with van der Waals surface area (Å²) in [6.45, 7) is 12.3. The molecule has 0 saturated heterocycles. The van der Waals surface area contributed by atoms with Gasteiger partial charge in [-0.25, -0.2) is 0 Å². The minimum absolute atomic E-state index is 0.226. The summed E-state index contributed by atoms with van der Waals surface area (Å²) in [6.07, 6.45) is 11.7. The van der Waals surface area contributed by atoms with Gasteiger partial charge in [0.25, 0.3) is 0 Å². The van der Waals surface area contributed by atoms with Gasteiger partial charge in [-0.3, -0.25) is 0 Å². The Labute approximate surface area is 107 Å². The van der Waals surface area contributed by atoms with Crippen molar-refractivity contribution in [3.05, 3.63) is 36.5 Å². The van der Waals surface area contributed by atoms with Crippen LogP contribution in [-0.4, -0.2) is 11.2 Å². The molecular formula is C16H28O. The highest BCUT2D eigenvalue weighted by Crippen LogP contribution is 2.30. The Bertz CT molecular complexity index is 271.